The number of aliphatic hydroxyl groups excluding tert-OH is 1. The lowest BCUT2D eigenvalue weighted by Crippen LogP contribution is -2.30. The molecule has 0 aromatic carbocycles. The minimum Gasteiger partial charge on any atom is -0.395 e. The van der Waals surface area contributed by atoms with Gasteiger partial charge in [0.05, 0.1) is 19.3 Å². The second kappa shape index (κ2) is 7.94. The van der Waals surface area contributed by atoms with E-state index in [0.29, 0.717) is 19.8 Å². The van der Waals surface area contributed by atoms with Gasteiger partial charge in [-0.25, -0.2) is 0 Å². The van der Waals surface area contributed by atoms with Gasteiger partial charge in [0.25, 0.3) is 0 Å². The number of ether oxygens (including phenoxy) is 2. The molecule has 1 atom stereocenters. The number of aliphatic hydroxyl groups is 1. The summed E-state index contributed by atoms with van der Waals surface area (Å²) in [5.41, 5.74) is 5.38. The van der Waals surface area contributed by atoms with Gasteiger partial charge in [0.15, 0.2) is 0 Å². The smallest absolute Gasteiger partial charge is 0.0639 e. The molecular weight excluding hydrogens is 146 g/mol. The molecule has 0 aliphatic heterocycles. The molecule has 68 valence electrons. The Bertz CT molecular complexity index is 80.1. The number of hydrogen-bond acceptors (Lipinski definition) is 4. The van der Waals surface area contributed by atoms with Crippen LogP contribution in [0.1, 0.15) is 6.42 Å². The largest absolute Gasteiger partial charge is 0.395 e. The van der Waals surface area contributed by atoms with E-state index in [0.717, 1.165) is 6.42 Å². The van der Waals surface area contributed by atoms with E-state index in [-0.39, 0.29) is 12.6 Å². The van der Waals surface area contributed by atoms with Crippen molar-refractivity contribution in [3.05, 3.63) is 0 Å². The number of hydrogen-bond donors (Lipinski definition) is 2. The molecule has 1 unspecified atom stereocenters. The number of rotatable bonds is 7. The Morgan fingerprint density at radius 1 is 1.45 bits per heavy atom. The van der Waals surface area contributed by atoms with Crippen LogP contribution in [0.3, 0.4) is 0 Å². The summed E-state index contributed by atoms with van der Waals surface area (Å²) < 4.78 is 9.94. The quantitative estimate of drug-likeness (QED) is 0.490. The van der Waals surface area contributed by atoms with Gasteiger partial charge in [-0.3, -0.25) is 0 Å². The van der Waals surface area contributed by atoms with Gasteiger partial charge in [-0.1, -0.05) is 0 Å². The first-order chi connectivity index (χ1) is 5.31. The van der Waals surface area contributed by atoms with Crippen LogP contribution in [0, 0.1) is 0 Å². The highest BCUT2D eigenvalue weighted by molar-refractivity contribution is 4.55. The average Bonchev–Trinajstić information content (AvgIpc) is 2.04. The van der Waals surface area contributed by atoms with Gasteiger partial charge >= 0.3 is 0 Å². The Balaban J connectivity index is 2.89. The lowest BCUT2D eigenvalue weighted by atomic mass is 10.4. The first-order valence-electron chi connectivity index (χ1n) is 3.74. The molecule has 0 fully saturated rings. The minimum absolute atomic E-state index is 0.0235. The molecule has 0 bridgehead atoms. The molecule has 4 nitrogen and oxygen atoms in total. The molecule has 0 aromatic heterocycles. The van der Waals surface area contributed by atoms with Crippen LogP contribution < -0.4 is 5.73 Å². The van der Waals surface area contributed by atoms with E-state index < -0.39 is 0 Å². The summed E-state index contributed by atoms with van der Waals surface area (Å²) in [6.07, 6.45) is 0.870. The summed E-state index contributed by atoms with van der Waals surface area (Å²) in [5.74, 6) is 0. The summed E-state index contributed by atoms with van der Waals surface area (Å²) in [7, 11) is 1.65. The topological polar surface area (TPSA) is 64.7 Å². The monoisotopic (exact) mass is 163 g/mol. The van der Waals surface area contributed by atoms with Crippen LogP contribution in [0.15, 0.2) is 0 Å². The van der Waals surface area contributed by atoms with Crippen molar-refractivity contribution in [1.82, 2.24) is 0 Å². The van der Waals surface area contributed by atoms with Crippen LogP contribution in [0.4, 0.5) is 0 Å². The molecule has 0 rings (SSSR count). The second-order valence-corrected chi connectivity index (χ2v) is 2.36. The molecule has 0 saturated carbocycles. The van der Waals surface area contributed by atoms with Crippen LogP contribution in [0.5, 0.6) is 0 Å². The summed E-state index contributed by atoms with van der Waals surface area (Å²) in [6, 6.07) is -0.252. The molecular formula is C7H17NO3. The normalized spacial score (nSPS) is 13.4. The fourth-order valence-corrected chi connectivity index (χ4v) is 0.593. The zero-order chi connectivity index (χ0) is 8.53. The molecule has 4 heteroatoms. The highest BCUT2D eigenvalue weighted by atomic mass is 16.5. The first kappa shape index (κ1) is 10.8. The number of nitrogens with two attached hydrogens (primary N) is 1. The molecule has 0 heterocycles. The van der Waals surface area contributed by atoms with Crippen molar-refractivity contribution in [3.63, 3.8) is 0 Å². The highest BCUT2D eigenvalue weighted by Gasteiger charge is 1.98. The maximum absolute atomic E-state index is 8.51. The van der Waals surface area contributed by atoms with Crippen molar-refractivity contribution in [2.24, 2.45) is 5.73 Å². The molecule has 0 aromatic rings. The molecule has 11 heavy (non-hydrogen) atoms. The summed E-state index contributed by atoms with van der Waals surface area (Å²) in [4.78, 5) is 0. The predicted molar refractivity (Wildman–Crippen MR) is 42.4 cm³/mol. The van der Waals surface area contributed by atoms with Crippen LogP contribution in [0.2, 0.25) is 0 Å². The zero-order valence-electron chi connectivity index (χ0n) is 6.95. The van der Waals surface area contributed by atoms with Crippen LogP contribution in [0.25, 0.3) is 0 Å². The van der Waals surface area contributed by atoms with Crippen LogP contribution in [-0.2, 0) is 9.47 Å². The van der Waals surface area contributed by atoms with Gasteiger partial charge < -0.3 is 20.3 Å². The van der Waals surface area contributed by atoms with Gasteiger partial charge in [-0.2, -0.15) is 0 Å². The average molecular weight is 163 g/mol. The van der Waals surface area contributed by atoms with Gasteiger partial charge in [0.2, 0.25) is 0 Å². The first-order valence-corrected chi connectivity index (χ1v) is 3.74. The summed E-state index contributed by atoms with van der Waals surface area (Å²) in [6.45, 7) is 1.74. The Labute approximate surface area is 67.3 Å². The van der Waals surface area contributed by atoms with Gasteiger partial charge in [-0.05, 0) is 6.42 Å². The third kappa shape index (κ3) is 7.74. The Hall–Kier alpha value is -0.160. The second-order valence-electron chi connectivity index (χ2n) is 2.36. The third-order valence-corrected chi connectivity index (χ3v) is 1.20. The van der Waals surface area contributed by atoms with E-state index in [1.54, 1.807) is 7.11 Å². The lowest BCUT2D eigenvalue weighted by Gasteiger charge is -2.08. The van der Waals surface area contributed by atoms with Crippen LogP contribution >= 0.6 is 0 Å². The van der Waals surface area contributed by atoms with Crippen molar-refractivity contribution in [3.8, 4) is 0 Å². The van der Waals surface area contributed by atoms with E-state index in [1.807, 2.05) is 0 Å². The van der Waals surface area contributed by atoms with Gasteiger partial charge in [0, 0.05) is 20.3 Å². The fourth-order valence-electron chi connectivity index (χ4n) is 0.593. The SMILES string of the molecule is COCCCOCC(N)CO. The standard InChI is InChI=1S/C7H17NO3/c1-10-3-2-4-11-6-7(8)5-9/h7,9H,2-6,8H2,1H3. The van der Waals surface area contributed by atoms with E-state index in [9.17, 15) is 0 Å². The van der Waals surface area contributed by atoms with Gasteiger partial charge in [0.1, 0.15) is 0 Å². The summed E-state index contributed by atoms with van der Waals surface area (Å²) in [5, 5.41) is 8.51. The molecule has 0 radical (unpaired) electrons. The molecule has 0 amide bonds. The molecule has 0 aliphatic rings. The maximum Gasteiger partial charge on any atom is 0.0639 e. The van der Waals surface area contributed by atoms with Crippen molar-refractivity contribution >= 4 is 0 Å². The minimum atomic E-state index is -0.252. The number of methoxy groups -OCH3 is 1. The summed E-state index contributed by atoms with van der Waals surface area (Å²) >= 11 is 0. The van der Waals surface area contributed by atoms with Crippen LogP contribution in [-0.4, -0.2) is 44.7 Å². The van der Waals surface area contributed by atoms with Crippen molar-refractivity contribution in [1.29, 1.82) is 0 Å². The molecule has 3 N–H and O–H groups in total. The molecule has 0 spiro atoms. The van der Waals surface area contributed by atoms with Crippen molar-refractivity contribution in [2.45, 2.75) is 12.5 Å². The fraction of sp³-hybridized carbons (Fsp3) is 1.00. The zero-order valence-corrected chi connectivity index (χ0v) is 6.95. The Morgan fingerprint density at radius 3 is 2.73 bits per heavy atom. The molecule has 0 saturated heterocycles. The Kier molecular flexibility index (Phi) is 7.83. The predicted octanol–water partition coefficient (Wildman–Crippen LogP) is -0.641. The highest BCUT2D eigenvalue weighted by Crippen LogP contribution is 1.85. The van der Waals surface area contributed by atoms with Crippen molar-refractivity contribution in [2.75, 3.05) is 33.5 Å². The lowest BCUT2D eigenvalue weighted by molar-refractivity contribution is 0.0815. The van der Waals surface area contributed by atoms with E-state index in [4.69, 9.17) is 20.3 Å². The van der Waals surface area contributed by atoms with Crippen molar-refractivity contribution < 1.29 is 14.6 Å². The Morgan fingerprint density at radius 2 is 2.18 bits per heavy atom. The van der Waals surface area contributed by atoms with E-state index in [2.05, 4.69) is 0 Å². The van der Waals surface area contributed by atoms with E-state index >= 15 is 0 Å². The maximum atomic E-state index is 8.51. The van der Waals surface area contributed by atoms with Gasteiger partial charge in [-0.15, -0.1) is 0 Å². The van der Waals surface area contributed by atoms with E-state index in [1.165, 1.54) is 0 Å². The molecule has 0 aliphatic carbocycles. The third-order valence-electron chi connectivity index (χ3n) is 1.20.